The van der Waals surface area contributed by atoms with E-state index in [1.165, 1.54) is 7.11 Å². The fourth-order valence-corrected chi connectivity index (χ4v) is 3.68. The van der Waals surface area contributed by atoms with Gasteiger partial charge < -0.3 is 4.74 Å². The summed E-state index contributed by atoms with van der Waals surface area (Å²) in [6, 6.07) is 4.41. The Bertz CT molecular complexity index is 493. The smallest absolute Gasteiger partial charge is 0.325 e. The molecule has 2 unspecified atom stereocenters. The number of ether oxygens (including phenoxy) is 1. The van der Waals surface area contributed by atoms with Crippen LogP contribution < -0.4 is 5.32 Å². The molecule has 0 aliphatic heterocycles. The van der Waals surface area contributed by atoms with Crippen molar-refractivity contribution in [3.63, 3.8) is 0 Å². The third-order valence-corrected chi connectivity index (χ3v) is 4.97. The molecular formula is C15H21BrN2O2S. The Morgan fingerprint density at radius 1 is 1.62 bits per heavy atom. The minimum absolute atomic E-state index is 0.189. The molecule has 1 saturated carbocycles. The van der Waals surface area contributed by atoms with E-state index in [1.54, 1.807) is 18.0 Å². The van der Waals surface area contributed by atoms with Gasteiger partial charge in [-0.3, -0.25) is 10.1 Å². The van der Waals surface area contributed by atoms with Gasteiger partial charge in [-0.1, -0.05) is 6.92 Å². The number of methoxy groups -OCH3 is 1. The van der Waals surface area contributed by atoms with Crippen molar-refractivity contribution in [2.45, 2.75) is 55.0 Å². The van der Waals surface area contributed by atoms with Gasteiger partial charge in [-0.15, -0.1) is 11.8 Å². The Kier molecular flexibility index (Phi) is 5.68. The van der Waals surface area contributed by atoms with Crippen LogP contribution in [0.25, 0.3) is 0 Å². The predicted molar refractivity (Wildman–Crippen MR) is 88.5 cm³/mol. The topological polar surface area (TPSA) is 51.2 Å². The molecule has 21 heavy (non-hydrogen) atoms. The van der Waals surface area contributed by atoms with E-state index in [0.717, 1.165) is 22.3 Å². The summed E-state index contributed by atoms with van der Waals surface area (Å²) in [5.41, 5.74) is -0.627. The molecule has 2 rings (SSSR count). The summed E-state index contributed by atoms with van der Waals surface area (Å²) in [7, 11) is 1.45. The number of nitrogens with one attached hydrogen (secondary N) is 1. The molecule has 4 nitrogen and oxygen atoms in total. The molecule has 0 radical (unpaired) electrons. The molecule has 0 amide bonds. The molecule has 1 fully saturated rings. The lowest BCUT2D eigenvalue weighted by molar-refractivity contribution is -0.148. The standard InChI is InChI=1S/C15H21BrN2O2S/c1-10(21-13-7-4-11(16)9-17-13)8-15(2,14(19)20-3)18-12-5-6-12/h4,7,9-10,12,18H,5-6,8H2,1-3H3. The number of esters is 1. The van der Waals surface area contributed by atoms with Crippen LogP contribution in [0.15, 0.2) is 27.8 Å². The first-order valence-electron chi connectivity index (χ1n) is 7.07. The summed E-state index contributed by atoms with van der Waals surface area (Å²) >= 11 is 5.05. The highest BCUT2D eigenvalue weighted by Crippen LogP contribution is 2.31. The van der Waals surface area contributed by atoms with Gasteiger partial charge in [0.15, 0.2) is 0 Å². The second-order valence-corrected chi connectivity index (χ2v) is 8.06. The first-order chi connectivity index (χ1) is 9.93. The quantitative estimate of drug-likeness (QED) is 0.587. The second-order valence-electron chi connectivity index (χ2n) is 5.69. The lowest BCUT2D eigenvalue weighted by Gasteiger charge is -2.30. The summed E-state index contributed by atoms with van der Waals surface area (Å²) in [6.45, 7) is 4.05. The van der Waals surface area contributed by atoms with E-state index >= 15 is 0 Å². The minimum atomic E-state index is -0.627. The molecule has 0 aromatic carbocycles. The summed E-state index contributed by atoms with van der Waals surface area (Å²) in [4.78, 5) is 16.5. The summed E-state index contributed by atoms with van der Waals surface area (Å²) < 4.78 is 5.95. The van der Waals surface area contributed by atoms with E-state index in [-0.39, 0.29) is 11.2 Å². The molecule has 1 aromatic heterocycles. The number of pyridine rings is 1. The van der Waals surface area contributed by atoms with Crippen LogP contribution in [0.2, 0.25) is 0 Å². The number of thioether (sulfide) groups is 1. The van der Waals surface area contributed by atoms with Crippen molar-refractivity contribution in [1.29, 1.82) is 0 Å². The van der Waals surface area contributed by atoms with Crippen LogP contribution >= 0.6 is 27.7 Å². The van der Waals surface area contributed by atoms with Crippen molar-refractivity contribution in [3.05, 3.63) is 22.8 Å². The zero-order valence-corrected chi connectivity index (χ0v) is 15.0. The number of rotatable bonds is 7. The van der Waals surface area contributed by atoms with E-state index in [1.807, 2.05) is 19.1 Å². The maximum atomic E-state index is 12.1. The summed E-state index contributed by atoms with van der Waals surface area (Å²) in [5, 5.41) is 4.65. The third-order valence-electron chi connectivity index (χ3n) is 3.45. The summed E-state index contributed by atoms with van der Waals surface area (Å²) in [5.74, 6) is -0.189. The van der Waals surface area contributed by atoms with Crippen LogP contribution in [0.3, 0.4) is 0 Å². The molecule has 1 aliphatic rings. The SMILES string of the molecule is COC(=O)C(C)(CC(C)Sc1ccc(Br)cn1)NC1CC1. The Morgan fingerprint density at radius 2 is 2.33 bits per heavy atom. The number of carbonyl (C=O) groups is 1. The van der Waals surface area contributed by atoms with Crippen LogP contribution in [0.5, 0.6) is 0 Å². The lowest BCUT2D eigenvalue weighted by Crippen LogP contribution is -2.52. The maximum absolute atomic E-state index is 12.1. The number of aromatic nitrogens is 1. The zero-order chi connectivity index (χ0) is 15.5. The van der Waals surface area contributed by atoms with E-state index in [9.17, 15) is 4.79 Å². The van der Waals surface area contributed by atoms with E-state index in [2.05, 4.69) is 33.2 Å². The molecule has 1 aromatic rings. The fourth-order valence-electron chi connectivity index (χ4n) is 2.36. The molecule has 6 heteroatoms. The van der Waals surface area contributed by atoms with E-state index < -0.39 is 5.54 Å². The van der Waals surface area contributed by atoms with Gasteiger partial charge in [-0.2, -0.15) is 0 Å². The van der Waals surface area contributed by atoms with Crippen LogP contribution in [0, 0.1) is 0 Å². The minimum Gasteiger partial charge on any atom is -0.468 e. The number of carbonyl (C=O) groups excluding carboxylic acids is 1. The maximum Gasteiger partial charge on any atom is 0.325 e. The zero-order valence-electron chi connectivity index (χ0n) is 12.6. The number of halogens is 1. The van der Waals surface area contributed by atoms with Crippen molar-refractivity contribution in [3.8, 4) is 0 Å². The molecule has 0 spiro atoms. The second kappa shape index (κ2) is 7.11. The molecule has 0 saturated heterocycles. The number of hydrogen-bond acceptors (Lipinski definition) is 5. The van der Waals surface area contributed by atoms with Gasteiger partial charge in [-0.25, -0.2) is 4.98 Å². The third kappa shape index (κ3) is 4.97. The first-order valence-corrected chi connectivity index (χ1v) is 8.74. The fraction of sp³-hybridized carbons (Fsp3) is 0.600. The van der Waals surface area contributed by atoms with Gasteiger partial charge in [-0.05, 0) is 54.2 Å². The van der Waals surface area contributed by atoms with Crippen LogP contribution in [-0.4, -0.2) is 34.9 Å². The van der Waals surface area contributed by atoms with E-state index in [0.29, 0.717) is 12.5 Å². The average molecular weight is 373 g/mol. The van der Waals surface area contributed by atoms with Crippen LogP contribution in [0.1, 0.15) is 33.1 Å². The Labute approximate surface area is 138 Å². The monoisotopic (exact) mass is 372 g/mol. The normalized spacial score (nSPS) is 18.9. The van der Waals surface area contributed by atoms with Gasteiger partial charge in [0.2, 0.25) is 0 Å². The van der Waals surface area contributed by atoms with Gasteiger partial charge in [0.25, 0.3) is 0 Å². The average Bonchev–Trinajstić information content (AvgIpc) is 3.23. The molecule has 116 valence electrons. The Morgan fingerprint density at radius 3 is 2.86 bits per heavy atom. The lowest BCUT2D eigenvalue weighted by atomic mass is 9.96. The highest BCUT2D eigenvalue weighted by molar-refractivity contribution is 9.10. The Hall–Kier alpha value is -0.590. The van der Waals surface area contributed by atoms with Crippen molar-refractivity contribution in [2.75, 3.05) is 7.11 Å². The van der Waals surface area contributed by atoms with Crippen LogP contribution in [0.4, 0.5) is 0 Å². The Balaban J connectivity index is 1.98. The largest absolute Gasteiger partial charge is 0.468 e. The van der Waals surface area contributed by atoms with Gasteiger partial charge in [0.1, 0.15) is 5.54 Å². The predicted octanol–water partition coefficient (Wildman–Crippen LogP) is 3.40. The van der Waals surface area contributed by atoms with Crippen molar-refractivity contribution >= 4 is 33.7 Å². The molecule has 1 heterocycles. The van der Waals surface area contributed by atoms with Crippen molar-refractivity contribution in [2.24, 2.45) is 0 Å². The summed E-state index contributed by atoms with van der Waals surface area (Å²) in [6.07, 6.45) is 4.78. The van der Waals surface area contributed by atoms with Gasteiger partial charge in [0.05, 0.1) is 12.1 Å². The van der Waals surface area contributed by atoms with E-state index in [4.69, 9.17) is 4.74 Å². The highest BCUT2D eigenvalue weighted by Gasteiger charge is 2.40. The van der Waals surface area contributed by atoms with Gasteiger partial charge >= 0.3 is 5.97 Å². The molecule has 0 bridgehead atoms. The molecule has 1 N–H and O–H groups in total. The van der Waals surface area contributed by atoms with Gasteiger partial charge in [0, 0.05) is 22.0 Å². The van der Waals surface area contributed by atoms with Crippen molar-refractivity contribution in [1.82, 2.24) is 10.3 Å². The van der Waals surface area contributed by atoms with Crippen LogP contribution in [-0.2, 0) is 9.53 Å². The van der Waals surface area contributed by atoms with Crippen molar-refractivity contribution < 1.29 is 9.53 Å². The number of nitrogens with zero attached hydrogens (tertiary/aromatic N) is 1. The molecular weight excluding hydrogens is 352 g/mol. The molecule has 2 atom stereocenters. The molecule has 1 aliphatic carbocycles. The highest BCUT2D eigenvalue weighted by atomic mass is 79.9. The number of hydrogen-bond donors (Lipinski definition) is 1. The first kappa shape index (κ1) is 16.8.